The van der Waals surface area contributed by atoms with Gasteiger partial charge in [-0.3, -0.25) is 0 Å². The van der Waals surface area contributed by atoms with Crippen LogP contribution in [-0.2, 0) is 9.36 Å². The van der Waals surface area contributed by atoms with Gasteiger partial charge in [0.25, 0.3) is 0 Å². The fraction of sp³-hybridized carbons (Fsp3) is 1.00. The van der Waals surface area contributed by atoms with Crippen LogP contribution in [0.4, 0.5) is 0 Å². The molecule has 0 aromatic carbocycles. The molecule has 13 heavy (non-hydrogen) atoms. The van der Waals surface area contributed by atoms with Gasteiger partial charge in [-0.15, -0.1) is 0 Å². The summed E-state index contributed by atoms with van der Waals surface area (Å²) < 4.78 is 15.5. The van der Waals surface area contributed by atoms with E-state index in [1.165, 1.54) is 12.8 Å². The maximum atomic E-state index is 10.3. The second-order valence-electron chi connectivity index (χ2n) is 4.60. The maximum absolute atomic E-state index is 10.3. The van der Waals surface area contributed by atoms with Crippen LogP contribution in [-0.4, -0.2) is 13.5 Å². The molecule has 0 radical (unpaired) electrons. The number of hydrogen-bond acceptors (Lipinski definition) is 2. The minimum atomic E-state index is 0.168. The molecule has 1 fully saturated rings. The monoisotopic (exact) mass is 182 g/mol. The molecule has 1 aliphatic rings. The summed E-state index contributed by atoms with van der Waals surface area (Å²) in [6, 6.07) is 0. The predicted octanol–water partition coefficient (Wildman–Crippen LogP) is 2.43. The van der Waals surface area contributed by atoms with Gasteiger partial charge in [-0.2, -0.15) is 0 Å². The molecule has 1 aliphatic carbocycles. The van der Waals surface area contributed by atoms with Gasteiger partial charge in [0.05, 0.1) is 0 Å². The summed E-state index contributed by atoms with van der Waals surface area (Å²) in [6.07, 6.45) is 3.70. The average molecular weight is 182 g/mol. The summed E-state index contributed by atoms with van der Waals surface area (Å²) >= 11 is 0. The molecule has 0 aromatic rings. The van der Waals surface area contributed by atoms with E-state index in [1.54, 1.807) is 0 Å². The van der Waals surface area contributed by atoms with Gasteiger partial charge in [-0.25, -0.2) is 0 Å². The summed E-state index contributed by atoms with van der Waals surface area (Å²) in [5.74, 6) is 1.90. The Labute approximate surface area is 81.3 Å². The van der Waals surface area contributed by atoms with Crippen molar-refractivity contribution < 1.29 is 9.36 Å². The first-order chi connectivity index (χ1) is 6.15. The van der Waals surface area contributed by atoms with Gasteiger partial charge in [0.1, 0.15) is 0 Å². The molecule has 3 heteroatoms. The Morgan fingerprint density at radius 2 is 2.08 bits per heavy atom. The molecular weight excluding hydrogens is 163 g/mol. The topological polar surface area (TPSA) is 26.3 Å². The second kappa shape index (κ2) is 4.78. The first-order valence-corrected chi connectivity index (χ1v) is 5.24. The molecule has 1 saturated carbocycles. The summed E-state index contributed by atoms with van der Waals surface area (Å²) in [5.41, 5.74) is 0. The van der Waals surface area contributed by atoms with E-state index in [0.717, 1.165) is 6.42 Å². The Morgan fingerprint density at radius 3 is 2.62 bits per heavy atom. The molecule has 1 rings (SSSR count). The van der Waals surface area contributed by atoms with E-state index in [9.17, 15) is 4.70 Å². The first-order valence-electron chi connectivity index (χ1n) is 5.24. The van der Waals surface area contributed by atoms with Crippen LogP contribution in [0.25, 0.3) is 0 Å². The van der Waals surface area contributed by atoms with Crippen molar-refractivity contribution >= 4 is 7.35 Å². The van der Waals surface area contributed by atoms with Gasteiger partial charge in [-0.05, 0) is 0 Å². The van der Waals surface area contributed by atoms with E-state index < -0.39 is 0 Å². The molecule has 0 heterocycles. The van der Waals surface area contributed by atoms with Crippen LogP contribution in [0, 0.1) is 17.8 Å². The van der Waals surface area contributed by atoms with Crippen LogP contribution in [0.2, 0.25) is 0 Å². The Morgan fingerprint density at radius 1 is 1.38 bits per heavy atom. The Bertz CT molecular complexity index is 170. The van der Waals surface area contributed by atoms with Gasteiger partial charge >= 0.3 is 80.6 Å². The van der Waals surface area contributed by atoms with E-state index in [2.05, 4.69) is 20.8 Å². The molecule has 3 atom stereocenters. The van der Waals surface area contributed by atoms with Crippen LogP contribution in [0.15, 0.2) is 0 Å². The van der Waals surface area contributed by atoms with Crippen molar-refractivity contribution in [3.05, 3.63) is 0 Å². The zero-order chi connectivity index (χ0) is 9.84. The van der Waals surface area contributed by atoms with E-state index >= 15 is 0 Å². The molecular formula is C10H19BO2. The molecule has 0 saturated heterocycles. The van der Waals surface area contributed by atoms with Crippen molar-refractivity contribution in [1.29, 1.82) is 0 Å². The van der Waals surface area contributed by atoms with Crippen molar-refractivity contribution in [2.24, 2.45) is 17.8 Å². The summed E-state index contributed by atoms with van der Waals surface area (Å²) in [7, 11) is 0.609. The third-order valence-electron chi connectivity index (χ3n) is 3.19. The zero-order valence-corrected chi connectivity index (χ0v) is 8.82. The molecule has 3 unspecified atom stereocenters. The SMILES string of the molecule is CC1CCC(C(C)C)C(OB=O)C1. The number of rotatable bonds is 3. The van der Waals surface area contributed by atoms with Crippen LogP contribution in [0.1, 0.15) is 40.0 Å². The van der Waals surface area contributed by atoms with Crippen molar-refractivity contribution in [2.45, 2.75) is 46.1 Å². The molecule has 0 aliphatic heterocycles. The van der Waals surface area contributed by atoms with Gasteiger partial charge in [0.15, 0.2) is 0 Å². The van der Waals surface area contributed by atoms with Gasteiger partial charge < -0.3 is 0 Å². The Hall–Kier alpha value is -0.335. The third kappa shape index (κ3) is 2.82. The molecule has 0 aromatic heterocycles. The van der Waals surface area contributed by atoms with Crippen molar-refractivity contribution in [3.8, 4) is 0 Å². The third-order valence-corrected chi connectivity index (χ3v) is 3.19. The minimum absolute atomic E-state index is 0.168. The summed E-state index contributed by atoms with van der Waals surface area (Å²) in [6.45, 7) is 6.65. The van der Waals surface area contributed by atoms with Gasteiger partial charge in [-0.1, -0.05) is 0 Å². The van der Waals surface area contributed by atoms with E-state index in [1.807, 2.05) is 0 Å². The van der Waals surface area contributed by atoms with E-state index in [-0.39, 0.29) is 6.10 Å². The quantitative estimate of drug-likeness (QED) is 0.626. The average Bonchev–Trinajstić information content (AvgIpc) is 2.04. The zero-order valence-electron chi connectivity index (χ0n) is 8.82. The normalized spacial score (nSPS) is 34.3. The van der Waals surface area contributed by atoms with Crippen LogP contribution in [0.3, 0.4) is 0 Å². The Balaban J connectivity index is 2.54. The molecule has 2 nitrogen and oxygen atoms in total. The second-order valence-corrected chi connectivity index (χ2v) is 4.60. The van der Waals surface area contributed by atoms with Crippen molar-refractivity contribution in [1.82, 2.24) is 0 Å². The van der Waals surface area contributed by atoms with Crippen molar-refractivity contribution in [3.63, 3.8) is 0 Å². The van der Waals surface area contributed by atoms with Crippen LogP contribution >= 0.6 is 0 Å². The summed E-state index contributed by atoms with van der Waals surface area (Å²) in [5, 5.41) is 0. The fourth-order valence-electron chi connectivity index (χ4n) is 2.34. The number of hydrogen-bond donors (Lipinski definition) is 0. The van der Waals surface area contributed by atoms with Crippen LogP contribution < -0.4 is 0 Å². The van der Waals surface area contributed by atoms with Crippen LogP contribution in [0.5, 0.6) is 0 Å². The Kier molecular flexibility index (Phi) is 3.95. The predicted molar refractivity (Wildman–Crippen MR) is 52.7 cm³/mol. The molecule has 0 spiro atoms. The molecule has 74 valence electrons. The standard InChI is InChI=1S/C10H19BO2/c1-7(2)9-5-4-8(3)6-10(9)13-11-12/h7-10H,4-6H2,1-3H3. The van der Waals surface area contributed by atoms with E-state index in [0.29, 0.717) is 25.1 Å². The van der Waals surface area contributed by atoms with E-state index in [4.69, 9.17) is 4.65 Å². The fourth-order valence-corrected chi connectivity index (χ4v) is 2.34. The first kappa shape index (κ1) is 10.7. The van der Waals surface area contributed by atoms with Crippen molar-refractivity contribution in [2.75, 3.05) is 0 Å². The molecule has 0 bridgehead atoms. The summed E-state index contributed by atoms with van der Waals surface area (Å²) in [4.78, 5) is 0. The van der Waals surface area contributed by atoms with Gasteiger partial charge in [0, 0.05) is 0 Å². The van der Waals surface area contributed by atoms with Gasteiger partial charge in [0.2, 0.25) is 0 Å². The molecule has 0 N–H and O–H groups in total. The molecule has 0 amide bonds.